The standard InChI is InChI=1S/C8H9F3N4/c9-8(10,11)6-5-7-14(2-1-12)3-4-15(7)13-6/h3-5H,1-2,12H2. The zero-order valence-corrected chi connectivity index (χ0v) is 7.70. The van der Waals surface area contributed by atoms with Gasteiger partial charge in [0.1, 0.15) is 5.65 Å². The van der Waals surface area contributed by atoms with Crippen molar-refractivity contribution in [2.24, 2.45) is 5.73 Å². The summed E-state index contributed by atoms with van der Waals surface area (Å²) in [6.07, 6.45) is -1.28. The molecule has 82 valence electrons. The predicted molar refractivity (Wildman–Crippen MR) is 47.2 cm³/mol. The predicted octanol–water partition coefficient (Wildman–Crippen LogP) is 1.11. The quantitative estimate of drug-likeness (QED) is 0.820. The van der Waals surface area contributed by atoms with Crippen LogP contribution in [0.15, 0.2) is 18.5 Å². The van der Waals surface area contributed by atoms with Gasteiger partial charge in [0.25, 0.3) is 0 Å². The van der Waals surface area contributed by atoms with Gasteiger partial charge in [-0.15, -0.1) is 0 Å². The fourth-order valence-electron chi connectivity index (χ4n) is 1.40. The van der Waals surface area contributed by atoms with E-state index in [4.69, 9.17) is 5.73 Å². The van der Waals surface area contributed by atoms with Crippen LogP contribution in [0.3, 0.4) is 0 Å². The summed E-state index contributed by atoms with van der Waals surface area (Å²) in [5, 5.41) is 3.42. The van der Waals surface area contributed by atoms with Crippen LogP contribution >= 0.6 is 0 Å². The SMILES string of the molecule is NCCn1ccn2nc(C(F)(F)F)cc12. The largest absolute Gasteiger partial charge is 0.435 e. The van der Waals surface area contributed by atoms with Crippen LogP contribution in [0.4, 0.5) is 13.2 Å². The Hall–Kier alpha value is -1.50. The summed E-state index contributed by atoms with van der Waals surface area (Å²) in [7, 11) is 0. The van der Waals surface area contributed by atoms with Gasteiger partial charge in [0.05, 0.1) is 0 Å². The van der Waals surface area contributed by atoms with Crippen molar-refractivity contribution in [2.75, 3.05) is 6.54 Å². The fraction of sp³-hybridized carbons (Fsp3) is 0.375. The summed E-state index contributed by atoms with van der Waals surface area (Å²) in [6.45, 7) is 0.844. The molecule has 2 aromatic heterocycles. The Kier molecular flexibility index (Phi) is 2.18. The molecule has 0 aliphatic carbocycles. The van der Waals surface area contributed by atoms with Crippen LogP contribution in [0.25, 0.3) is 5.65 Å². The van der Waals surface area contributed by atoms with Gasteiger partial charge in [0, 0.05) is 31.5 Å². The number of alkyl halides is 3. The van der Waals surface area contributed by atoms with Gasteiger partial charge in [-0.3, -0.25) is 0 Å². The number of nitrogens with two attached hydrogens (primary N) is 1. The molecule has 0 fully saturated rings. The summed E-state index contributed by atoms with van der Waals surface area (Å²) in [6, 6.07) is 1.01. The minimum atomic E-state index is -4.40. The minimum Gasteiger partial charge on any atom is -0.330 e. The summed E-state index contributed by atoms with van der Waals surface area (Å²) < 4.78 is 39.8. The molecule has 0 radical (unpaired) electrons. The molecule has 0 aromatic carbocycles. The van der Waals surface area contributed by atoms with Gasteiger partial charge in [-0.05, 0) is 0 Å². The van der Waals surface area contributed by atoms with Crippen molar-refractivity contribution in [3.63, 3.8) is 0 Å². The molecule has 2 rings (SSSR count). The molecule has 15 heavy (non-hydrogen) atoms. The molecule has 2 N–H and O–H groups in total. The number of fused-ring (bicyclic) bond motifs is 1. The summed E-state index contributed by atoms with van der Waals surface area (Å²) in [5.41, 5.74) is 4.84. The summed E-state index contributed by atoms with van der Waals surface area (Å²) >= 11 is 0. The molecule has 7 heteroatoms. The van der Waals surface area contributed by atoms with Crippen molar-refractivity contribution < 1.29 is 13.2 Å². The van der Waals surface area contributed by atoms with Crippen LogP contribution in [0.2, 0.25) is 0 Å². The zero-order valence-electron chi connectivity index (χ0n) is 7.70. The Bertz CT molecular complexity index is 468. The second-order valence-electron chi connectivity index (χ2n) is 3.11. The average Bonchev–Trinajstić information content (AvgIpc) is 2.65. The maximum absolute atomic E-state index is 12.3. The lowest BCUT2D eigenvalue weighted by molar-refractivity contribution is -0.141. The van der Waals surface area contributed by atoms with E-state index in [1.54, 1.807) is 10.8 Å². The Morgan fingerprint density at radius 2 is 2.07 bits per heavy atom. The fourth-order valence-corrected chi connectivity index (χ4v) is 1.40. The minimum absolute atomic E-state index is 0.372. The highest BCUT2D eigenvalue weighted by atomic mass is 19.4. The highest BCUT2D eigenvalue weighted by Crippen LogP contribution is 2.28. The number of aromatic nitrogens is 3. The molecule has 0 spiro atoms. The third kappa shape index (κ3) is 1.70. The summed E-state index contributed by atoms with van der Waals surface area (Å²) in [5.74, 6) is 0. The molecule has 0 bridgehead atoms. The number of nitrogens with zero attached hydrogens (tertiary/aromatic N) is 3. The van der Waals surface area contributed by atoms with E-state index in [1.165, 1.54) is 10.7 Å². The van der Waals surface area contributed by atoms with E-state index >= 15 is 0 Å². The van der Waals surface area contributed by atoms with Gasteiger partial charge < -0.3 is 10.3 Å². The van der Waals surface area contributed by atoms with Crippen molar-refractivity contribution >= 4 is 5.65 Å². The van der Waals surface area contributed by atoms with Crippen molar-refractivity contribution in [1.29, 1.82) is 0 Å². The molecule has 0 saturated heterocycles. The van der Waals surface area contributed by atoms with Crippen molar-refractivity contribution in [3.05, 3.63) is 24.2 Å². The van der Waals surface area contributed by atoms with E-state index in [-0.39, 0.29) is 0 Å². The molecule has 0 aliphatic rings. The second-order valence-corrected chi connectivity index (χ2v) is 3.11. The normalized spacial score (nSPS) is 12.5. The van der Waals surface area contributed by atoms with Gasteiger partial charge in [-0.2, -0.15) is 18.3 Å². The molecule has 0 aliphatic heterocycles. The monoisotopic (exact) mass is 218 g/mol. The Labute approximate surface area is 83.1 Å². The van der Waals surface area contributed by atoms with Crippen LogP contribution in [0, 0.1) is 0 Å². The molecular formula is C8H9F3N4. The lowest BCUT2D eigenvalue weighted by Crippen LogP contribution is -2.08. The van der Waals surface area contributed by atoms with Gasteiger partial charge >= 0.3 is 6.18 Å². The molecule has 2 heterocycles. The van der Waals surface area contributed by atoms with Gasteiger partial charge in [0.15, 0.2) is 5.69 Å². The Balaban J connectivity index is 2.48. The lowest BCUT2D eigenvalue weighted by atomic mass is 10.4. The van der Waals surface area contributed by atoms with E-state index in [9.17, 15) is 13.2 Å². The van der Waals surface area contributed by atoms with Crippen LogP contribution < -0.4 is 5.73 Å². The second kappa shape index (κ2) is 3.27. The first-order valence-corrected chi connectivity index (χ1v) is 4.34. The molecule has 0 unspecified atom stereocenters. The topological polar surface area (TPSA) is 48.2 Å². The summed E-state index contributed by atoms with van der Waals surface area (Å²) in [4.78, 5) is 0. The number of halogens is 3. The van der Waals surface area contributed by atoms with Gasteiger partial charge in [-0.25, -0.2) is 4.52 Å². The number of hydrogen-bond acceptors (Lipinski definition) is 2. The Morgan fingerprint density at radius 1 is 1.33 bits per heavy atom. The molecule has 0 amide bonds. The first-order valence-electron chi connectivity index (χ1n) is 4.34. The number of imidazole rings is 1. The van der Waals surface area contributed by atoms with Crippen LogP contribution in [-0.2, 0) is 12.7 Å². The molecule has 4 nitrogen and oxygen atoms in total. The van der Waals surface area contributed by atoms with E-state index in [1.807, 2.05) is 0 Å². The van der Waals surface area contributed by atoms with Crippen LogP contribution in [-0.4, -0.2) is 20.7 Å². The average molecular weight is 218 g/mol. The maximum atomic E-state index is 12.3. The smallest absolute Gasteiger partial charge is 0.330 e. The molecule has 2 aromatic rings. The van der Waals surface area contributed by atoms with E-state index in [2.05, 4.69) is 5.10 Å². The third-order valence-corrected chi connectivity index (χ3v) is 2.06. The van der Waals surface area contributed by atoms with Gasteiger partial charge in [0.2, 0.25) is 0 Å². The van der Waals surface area contributed by atoms with E-state index in [0.29, 0.717) is 18.7 Å². The van der Waals surface area contributed by atoms with Crippen molar-refractivity contribution in [2.45, 2.75) is 12.7 Å². The maximum Gasteiger partial charge on any atom is 0.435 e. The van der Waals surface area contributed by atoms with Crippen LogP contribution in [0.1, 0.15) is 5.69 Å². The van der Waals surface area contributed by atoms with E-state index < -0.39 is 11.9 Å². The molecule has 0 atom stereocenters. The first-order chi connectivity index (χ1) is 7.02. The zero-order chi connectivity index (χ0) is 11.1. The van der Waals surface area contributed by atoms with Gasteiger partial charge in [-0.1, -0.05) is 0 Å². The molecular weight excluding hydrogens is 209 g/mol. The highest BCUT2D eigenvalue weighted by molar-refractivity contribution is 5.41. The third-order valence-electron chi connectivity index (χ3n) is 2.06. The van der Waals surface area contributed by atoms with Crippen molar-refractivity contribution in [1.82, 2.24) is 14.2 Å². The highest BCUT2D eigenvalue weighted by Gasteiger charge is 2.34. The molecule has 0 saturated carbocycles. The van der Waals surface area contributed by atoms with Crippen LogP contribution in [0.5, 0.6) is 0 Å². The number of hydrogen-bond donors (Lipinski definition) is 1. The van der Waals surface area contributed by atoms with E-state index in [0.717, 1.165) is 6.07 Å². The Morgan fingerprint density at radius 3 is 2.67 bits per heavy atom. The first kappa shape index (κ1) is 10.0. The lowest BCUT2D eigenvalue weighted by Gasteiger charge is -2.00. The van der Waals surface area contributed by atoms with Crippen molar-refractivity contribution in [3.8, 4) is 0 Å². The number of rotatable bonds is 2.